The molecule has 41 heteroatoms. The molecule has 0 fully saturated rings. The molecule has 0 atom stereocenters. The number of nitrogen functional groups attached to an aromatic ring is 1. The van der Waals surface area contributed by atoms with Gasteiger partial charge in [0.15, 0.2) is 46.1 Å². The van der Waals surface area contributed by atoms with Crippen LogP contribution in [0.5, 0.6) is 0 Å². The number of nitrogens with one attached hydrogen (secondary N) is 2. The molecule has 11 rings (SSSR count). The monoisotopic (exact) mass is 2560 g/mol. The summed E-state index contributed by atoms with van der Waals surface area (Å²) in [7, 11) is 4.21. The van der Waals surface area contributed by atoms with E-state index < -0.39 is 53.9 Å². The van der Waals surface area contributed by atoms with Crippen molar-refractivity contribution in [2.45, 2.75) is 254 Å². The van der Waals surface area contributed by atoms with Crippen LogP contribution in [-0.4, -0.2) is 143 Å². The molecular formula is C103H143BBr2N18O14Y6-6. The first-order chi connectivity index (χ1) is 63.6. The van der Waals surface area contributed by atoms with Crippen LogP contribution in [0.4, 0.5) is 36.6 Å². The van der Waals surface area contributed by atoms with Crippen LogP contribution in [0, 0.1) is 19.3 Å². The Hall–Kier alpha value is -5.71. The van der Waals surface area contributed by atoms with Crippen LogP contribution in [-0.2, 0) is 248 Å². The fourth-order valence-corrected chi connectivity index (χ4v) is 11.2. The van der Waals surface area contributed by atoms with Crippen molar-refractivity contribution in [2.24, 2.45) is 5.16 Å². The molecule has 0 aliphatic carbocycles. The van der Waals surface area contributed by atoms with E-state index in [0.29, 0.717) is 78.5 Å². The molecule has 0 saturated carbocycles. The van der Waals surface area contributed by atoms with E-state index in [-0.39, 0.29) is 253 Å². The number of hydrogen-bond acceptors (Lipinski definition) is 24. The molecule has 32 nitrogen and oxygen atoms in total. The van der Waals surface area contributed by atoms with E-state index in [2.05, 4.69) is 177 Å². The Kier molecular flexibility index (Phi) is 85.5. The van der Waals surface area contributed by atoms with Gasteiger partial charge >= 0.3 is 31.5 Å². The number of hydrogen-bond donors (Lipinski definition) is 4. The topological polar surface area (TPSA) is 481 Å². The number of amides is 4. The zero-order chi connectivity index (χ0) is 102. The maximum absolute atomic E-state index is 13.1. The summed E-state index contributed by atoms with van der Waals surface area (Å²) in [5.74, 6) is 4.78. The molecule has 0 aliphatic rings. The SMILES string of the molecule is C.C.C#Cc1nc(Br)cnc1N(C(=O)OC(C)(C)C)C(=O)OC(C)(C)C.CB(O)O.CC.CC.CC(C)c1ccc(C=O)cc1.CC(C)c1ccc(C[NH-])cc1.C[N-]Cc1ccc(-c2cc(-c3nc(Br)cnc3N(C(=O)OC(C)(C)C)C(=O)OC(C)(C)C)on2)cc1.C[N-]Cc1ccc(/C=N/O)cc1.C[N-]Cc1ccc(C(C)C)cc1.Cc1cnc(N)c(-c2cc(-c3ccc(C[NH-])cc3)no2)n1.[NH2-].[Y].[Y].[Y].[Y].[Y].[Y]. The second-order valence-electron chi connectivity index (χ2n) is 33.9. The van der Waals surface area contributed by atoms with Gasteiger partial charge in [0.1, 0.15) is 49.3 Å². The number of aryl methyl sites for hydroxylation is 1. The van der Waals surface area contributed by atoms with Gasteiger partial charge in [-0.2, -0.15) is 30.9 Å². The Balaban J connectivity index is -0.000000254. The van der Waals surface area contributed by atoms with Gasteiger partial charge in [-0.3, -0.25) is 4.79 Å². The summed E-state index contributed by atoms with van der Waals surface area (Å²) in [5.41, 5.74) is 32.4. The number of ether oxygens (including phenoxy) is 4. The van der Waals surface area contributed by atoms with Crippen LogP contribution in [0.2, 0.25) is 6.82 Å². The third-order valence-electron chi connectivity index (χ3n) is 16.9. The van der Waals surface area contributed by atoms with Crippen molar-refractivity contribution >= 4 is 93.3 Å². The number of aromatic nitrogens is 8. The van der Waals surface area contributed by atoms with Gasteiger partial charge < -0.3 is 82.6 Å². The van der Waals surface area contributed by atoms with E-state index in [1.807, 2.05) is 151 Å². The maximum atomic E-state index is 13.1. The smallest absolute Gasteiger partial charge is 0.448 e. The molecule has 6 radical (unpaired) electrons. The largest absolute Gasteiger partial charge is 0.693 e. The summed E-state index contributed by atoms with van der Waals surface area (Å²) in [4.78, 5) is 88.1. The van der Waals surface area contributed by atoms with Crippen molar-refractivity contribution in [2.75, 3.05) is 36.7 Å². The third-order valence-corrected chi connectivity index (χ3v) is 17.6. The van der Waals surface area contributed by atoms with Crippen LogP contribution >= 0.6 is 31.9 Å². The van der Waals surface area contributed by atoms with E-state index in [1.54, 1.807) is 116 Å². The summed E-state index contributed by atoms with van der Waals surface area (Å²) in [6.45, 7) is 47.2. The average Bonchev–Trinajstić information content (AvgIpc) is 1.48. The van der Waals surface area contributed by atoms with Gasteiger partial charge in [0.25, 0.3) is 0 Å². The standard InChI is InChI=1S/C25H29BrN5O5.C16H20BrN3O4.C15H14N5O.C11H16N.C10H14N.C10H12O.C9H11N2O.2C2H6.CH5BO2.2CH4.H2N.6Y/c1-24(2,3)34-22(32)31(23(33)35-25(4,5)6)21-20(29-19(26)14-28-21)18-12-17(30-36-18)16-10-8-15(9-11-16)13-27-7;1-8-10-12(18-9-11(17)19-10)20(13(21)23-15(2,3)4)14(22)24-16(5,6)7;1-9-8-18-15(17)14(19-9)13-6-12(20-21-13)11-4-2-10(7-16)3-5-11;1-9(2)11-6-4-10(5-7-11)8-12-3;2*1-8(2)10-5-3-9(7-11)4-6-10;1-10-6-8-2-4-9(5-3-8)7-11-12;2*1-2;1-2(3)4;;;;;;;;;/h8-12,14H,13H2,1-7H3;1,9H,2-7H3;2-6,8,16H,7H2,1H3,(H2,17,18);4-7,9H,8H2,1-3H3;3-6,8,11H,7H2,1-2H3;3-8H,1-2H3;2-5,7,12H,6H2,1H3;2*1-2H3;3-4H,1H3;2*1H4;1H2;;;;;;/q-1;;3*-1;;-1;;;;;;-1;;;;;;/b;;;;;;11-7+;;;;;;;;;;;;. The molecule has 770 valence electrons. The van der Waals surface area contributed by atoms with Gasteiger partial charge in [-0.15, -0.1) is 39.1 Å². The number of oxime groups is 1. The number of aldehydes is 1. The Bertz CT molecular complexity index is 5400. The van der Waals surface area contributed by atoms with E-state index in [9.17, 15) is 24.0 Å². The minimum atomic E-state index is -1.17. The number of halogens is 2. The second kappa shape index (κ2) is 80.2. The minimum Gasteiger partial charge on any atom is -0.693 e. The normalized spacial score (nSPS) is 10.0. The Morgan fingerprint density at radius 1 is 0.493 bits per heavy atom. The van der Waals surface area contributed by atoms with Crippen molar-refractivity contribution < 1.29 is 263 Å². The van der Waals surface area contributed by atoms with E-state index in [1.165, 1.54) is 47.7 Å². The van der Waals surface area contributed by atoms with E-state index in [0.717, 1.165) is 69.6 Å². The van der Waals surface area contributed by atoms with Crippen molar-refractivity contribution in [1.82, 2.24) is 40.2 Å². The molecule has 0 spiro atoms. The van der Waals surface area contributed by atoms with Gasteiger partial charge in [0.05, 0.1) is 30.5 Å². The summed E-state index contributed by atoms with van der Waals surface area (Å²) >= 11 is 6.43. The number of nitrogens with zero attached hydrogens (tertiary/aromatic N) is 14. The van der Waals surface area contributed by atoms with Gasteiger partial charge in [-0.1, -0.05) is 273 Å². The molecule has 0 saturated heterocycles. The Morgan fingerprint density at radius 2 is 0.785 bits per heavy atom. The molecule has 6 aromatic carbocycles. The number of anilines is 3. The predicted molar refractivity (Wildman–Crippen MR) is 566 cm³/mol. The number of benzene rings is 6. The quantitative estimate of drug-likeness (QED) is 0.0111. The van der Waals surface area contributed by atoms with Gasteiger partial charge in [0.2, 0.25) is 0 Å². The number of carbonyl (C=O) groups excluding carboxylic acids is 5. The molecule has 11 aromatic rings. The van der Waals surface area contributed by atoms with Crippen molar-refractivity contribution in [3.63, 3.8) is 0 Å². The molecule has 144 heavy (non-hydrogen) atoms. The minimum absolute atomic E-state index is 0. The van der Waals surface area contributed by atoms with Gasteiger partial charge in [-0.25, -0.2) is 49.1 Å². The van der Waals surface area contributed by atoms with E-state index in [4.69, 9.17) is 66.9 Å². The average molecular weight is 2560 g/mol. The van der Waals surface area contributed by atoms with Crippen molar-refractivity contribution in [3.05, 3.63) is 286 Å². The summed E-state index contributed by atoms with van der Waals surface area (Å²) < 4.78 is 33.1. The summed E-state index contributed by atoms with van der Waals surface area (Å²) in [5, 5.41) is 46.8. The molecule has 0 bridgehead atoms. The zero-order valence-corrected chi connectivity index (χ0v) is 107. The Labute approximate surface area is 1020 Å². The number of nitrogens with two attached hydrogens (primary N) is 2. The predicted octanol–water partition coefficient (Wildman–Crippen LogP) is 28.3. The van der Waals surface area contributed by atoms with Crippen molar-refractivity contribution in [3.8, 4) is 57.8 Å². The first kappa shape index (κ1) is 154. The molecule has 4 amide bonds. The van der Waals surface area contributed by atoms with Crippen molar-refractivity contribution in [1.29, 1.82) is 0 Å². The van der Waals surface area contributed by atoms with Crippen LogP contribution < -0.4 is 15.5 Å². The summed E-state index contributed by atoms with van der Waals surface area (Å²) in [6, 6.07) is 51.1. The van der Waals surface area contributed by atoms with Crippen LogP contribution in [0.25, 0.3) is 79.0 Å². The number of rotatable bonds is 19. The van der Waals surface area contributed by atoms with Gasteiger partial charge in [-0.05, 0) is 175 Å². The third kappa shape index (κ3) is 60.4. The first-order valence-electron chi connectivity index (χ1n) is 43.7. The first-order valence-corrected chi connectivity index (χ1v) is 45.2. The molecule has 5 aromatic heterocycles. The molecule has 0 unspecified atom stereocenters. The number of imide groups is 2. The van der Waals surface area contributed by atoms with Crippen LogP contribution in [0.15, 0.2) is 200 Å². The van der Waals surface area contributed by atoms with Crippen LogP contribution in [0.3, 0.4) is 0 Å². The van der Waals surface area contributed by atoms with Crippen LogP contribution in [0.1, 0.15) is 257 Å². The zero-order valence-electron chi connectivity index (χ0n) is 86.8. The fourth-order valence-electron chi connectivity index (χ4n) is 10.6. The molecule has 5 heterocycles. The number of carbonyl (C=O) groups is 5. The second-order valence-corrected chi connectivity index (χ2v) is 35.5. The van der Waals surface area contributed by atoms with Gasteiger partial charge in [0, 0.05) is 225 Å². The maximum Gasteiger partial charge on any atom is 0.448 e. The Morgan fingerprint density at radius 3 is 1.10 bits per heavy atom. The summed E-state index contributed by atoms with van der Waals surface area (Å²) in [6.07, 6.45) is 8.11. The van der Waals surface area contributed by atoms with E-state index >= 15 is 0 Å². The fraction of sp³-hybridized carbons (Fsp3) is 0.398. The molecule has 0 aliphatic heterocycles. The number of terminal acetylenes is 1. The molecule has 9 N–H and O–H groups in total. The molecular weight excluding hydrogens is 2420 g/mol.